The van der Waals surface area contributed by atoms with Crippen molar-refractivity contribution in [1.82, 2.24) is 15.0 Å². The van der Waals surface area contributed by atoms with Crippen LogP contribution in [0.15, 0.2) is 28.0 Å². The topological polar surface area (TPSA) is 74.8 Å². The largest absolute Gasteiger partial charge is 0.261 e. The van der Waals surface area contributed by atoms with Crippen LogP contribution < -0.4 is 0 Å². The molecule has 7 heteroatoms. The number of pyridine rings is 1. The second-order valence-electron chi connectivity index (χ2n) is 6.70. The molecule has 0 saturated carbocycles. The zero-order valence-electron chi connectivity index (χ0n) is 15.0. The number of hydrogen-bond donors (Lipinski definition) is 0. The minimum Gasteiger partial charge on any atom is -0.261 e. The average molecular weight is 382 g/mol. The molecule has 132 valence electrons. The van der Waals surface area contributed by atoms with Crippen molar-refractivity contribution in [1.29, 1.82) is 5.26 Å². The summed E-state index contributed by atoms with van der Waals surface area (Å²) >= 11 is 3.03. The van der Waals surface area contributed by atoms with Crippen LogP contribution in [0, 0.1) is 23.7 Å². The van der Waals surface area contributed by atoms with Crippen LogP contribution in [0.5, 0.6) is 0 Å². The van der Waals surface area contributed by atoms with Crippen LogP contribution in [0.2, 0.25) is 0 Å². The molecule has 0 atom stereocenters. The van der Waals surface area contributed by atoms with E-state index >= 15 is 0 Å². The van der Waals surface area contributed by atoms with Gasteiger partial charge in [-0.05, 0) is 52.0 Å². The third kappa shape index (κ3) is 4.03. The number of hydrogen-bond acceptors (Lipinski definition) is 7. The van der Waals surface area contributed by atoms with Crippen LogP contribution in [-0.4, -0.2) is 21.7 Å². The minimum absolute atomic E-state index is 0.328. The highest BCUT2D eigenvalue weighted by Crippen LogP contribution is 2.32. The van der Waals surface area contributed by atoms with E-state index in [1.54, 1.807) is 11.3 Å². The van der Waals surface area contributed by atoms with E-state index < -0.39 is 0 Å². The van der Waals surface area contributed by atoms with Gasteiger partial charge >= 0.3 is 0 Å². The Kier molecular flexibility index (Phi) is 5.25. The van der Waals surface area contributed by atoms with Gasteiger partial charge < -0.3 is 0 Å². The van der Waals surface area contributed by atoms with Gasteiger partial charge in [0.25, 0.3) is 0 Å². The quantitative estimate of drug-likeness (QED) is 0.532. The Hall–Kier alpha value is -2.43. The number of nitriles is 1. The normalized spacial score (nSPS) is 11.3. The summed E-state index contributed by atoms with van der Waals surface area (Å²) in [6.07, 6.45) is 3.46. The van der Waals surface area contributed by atoms with Gasteiger partial charge in [-0.1, -0.05) is 0 Å². The van der Waals surface area contributed by atoms with E-state index in [9.17, 15) is 0 Å². The highest BCUT2D eigenvalue weighted by atomic mass is 32.1. The number of aromatic nitrogens is 3. The number of aryl methyl sites for hydroxylation is 2. The molecule has 3 rings (SSSR count). The van der Waals surface area contributed by atoms with Gasteiger partial charge in [-0.2, -0.15) is 5.26 Å². The van der Waals surface area contributed by atoms with Crippen LogP contribution in [0.3, 0.4) is 0 Å². The van der Waals surface area contributed by atoms with Crippen molar-refractivity contribution in [3.05, 3.63) is 34.3 Å². The molecule has 5 nitrogen and oxygen atoms in total. The number of aliphatic imine (C=N–C) groups is 1. The first-order valence-corrected chi connectivity index (χ1v) is 9.93. The molecule has 0 spiro atoms. The number of thiazole rings is 2. The minimum atomic E-state index is -0.328. The molecule has 0 amide bonds. The Balaban J connectivity index is 1.80. The van der Waals surface area contributed by atoms with E-state index in [0.29, 0.717) is 5.13 Å². The van der Waals surface area contributed by atoms with Crippen LogP contribution in [0.4, 0.5) is 5.13 Å². The Morgan fingerprint density at radius 3 is 2.62 bits per heavy atom. The second kappa shape index (κ2) is 7.44. The molecular weight excluding hydrogens is 362 g/mol. The Labute approximate surface area is 161 Å². The highest BCUT2D eigenvalue weighted by Gasteiger charge is 2.17. The van der Waals surface area contributed by atoms with Gasteiger partial charge in [0.2, 0.25) is 5.13 Å². The molecule has 0 unspecified atom stereocenters. The molecular formula is C19H19N5S2. The van der Waals surface area contributed by atoms with E-state index in [-0.39, 0.29) is 5.41 Å². The number of nitrogens with zero attached hydrogens (tertiary/aromatic N) is 5. The van der Waals surface area contributed by atoms with Crippen LogP contribution in [0.1, 0.15) is 31.5 Å². The van der Waals surface area contributed by atoms with Gasteiger partial charge in [-0.3, -0.25) is 4.98 Å². The van der Waals surface area contributed by atoms with Gasteiger partial charge in [-0.25, -0.2) is 15.0 Å². The molecule has 26 heavy (non-hydrogen) atoms. The maximum Gasteiger partial charge on any atom is 0.209 e. The molecule has 0 saturated heterocycles. The van der Waals surface area contributed by atoms with E-state index in [2.05, 4.69) is 40.7 Å². The molecule has 0 aliphatic heterocycles. The van der Waals surface area contributed by atoms with E-state index in [4.69, 9.17) is 10.2 Å². The second-order valence-corrected chi connectivity index (χ2v) is 8.39. The summed E-state index contributed by atoms with van der Waals surface area (Å²) in [5.41, 5.74) is 4.51. The molecule has 0 N–H and O–H groups in total. The van der Waals surface area contributed by atoms with Gasteiger partial charge in [0.15, 0.2) is 0 Å². The van der Waals surface area contributed by atoms with Crippen molar-refractivity contribution in [2.45, 2.75) is 33.6 Å². The molecule has 0 aliphatic rings. The van der Waals surface area contributed by atoms with Crippen molar-refractivity contribution in [2.24, 2.45) is 10.4 Å². The predicted octanol–water partition coefficient (Wildman–Crippen LogP) is 5.45. The molecule has 0 radical (unpaired) electrons. The summed E-state index contributed by atoms with van der Waals surface area (Å²) < 4.78 is 0. The van der Waals surface area contributed by atoms with E-state index in [0.717, 1.165) is 46.1 Å². The first-order chi connectivity index (χ1) is 12.4. The summed E-state index contributed by atoms with van der Waals surface area (Å²) in [6.45, 7) is 9.48. The summed E-state index contributed by atoms with van der Waals surface area (Å²) in [5, 5.41) is 14.7. The van der Waals surface area contributed by atoms with E-state index in [1.165, 1.54) is 11.3 Å². The van der Waals surface area contributed by atoms with Crippen molar-refractivity contribution in [3.8, 4) is 28.0 Å². The zero-order valence-corrected chi connectivity index (χ0v) is 16.6. The molecule has 0 aliphatic carbocycles. The van der Waals surface area contributed by atoms with Crippen molar-refractivity contribution in [3.63, 3.8) is 0 Å². The molecule has 0 fully saturated rings. The Morgan fingerprint density at radius 2 is 1.96 bits per heavy atom. The fourth-order valence-corrected chi connectivity index (χ4v) is 3.95. The fourth-order valence-electron chi connectivity index (χ4n) is 2.44. The summed E-state index contributed by atoms with van der Waals surface area (Å²) in [4.78, 5) is 17.5. The first kappa shape index (κ1) is 18.4. The molecule has 3 heterocycles. The van der Waals surface area contributed by atoms with Gasteiger partial charge in [0, 0.05) is 28.2 Å². The lowest BCUT2D eigenvalue weighted by Gasteiger charge is -2.14. The standard InChI is InChI=1S/C19H19N5S2/c1-12-7-13(5-6-19(2,3)11-20)22-8-14(12)17-23-15(9-25-17)16-10-26-18(21-4)24-16/h7-10H,4-6H2,1-3H3. The lowest BCUT2D eigenvalue weighted by atomic mass is 9.89. The van der Waals surface area contributed by atoms with Crippen molar-refractivity contribution < 1.29 is 0 Å². The molecule has 3 aromatic rings. The van der Waals surface area contributed by atoms with Gasteiger partial charge in [-0.15, -0.1) is 22.7 Å². The van der Waals surface area contributed by atoms with Gasteiger partial charge in [0.1, 0.15) is 16.4 Å². The summed E-state index contributed by atoms with van der Waals surface area (Å²) in [7, 11) is 0. The lowest BCUT2D eigenvalue weighted by Crippen LogP contribution is -2.09. The summed E-state index contributed by atoms with van der Waals surface area (Å²) in [5.74, 6) is 0. The maximum atomic E-state index is 9.14. The van der Waals surface area contributed by atoms with Crippen molar-refractivity contribution >= 4 is 34.5 Å². The SMILES string of the molecule is C=Nc1nc(-c2csc(-c3cnc(CCC(C)(C)C#N)cc3C)n2)cs1. The first-order valence-electron chi connectivity index (χ1n) is 8.17. The zero-order chi connectivity index (χ0) is 18.7. The lowest BCUT2D eigenvalue weighted by molar-refractivity contribution is 0.450. The Bertz CT molecular complexity index is 978. The Morgan fingerprint density at radius 1 is 1.23 bits per heavy atom. The molecule has 0 bridgehead atoms. The number of rotatable bonds is 6. The fraction of sp³-hybridized carbons (Fsp3) is 0.316. The predicted molar refractivity (Wildman–Crippen MR) is 108 cm³/mol. The summed E-state index contributed by atoms with van der Waals surface area (Å²) in [6, 6.07) is 4.43. The van der Waals surface area contributed by atoms with Crippen LogP contribution in [0.25, 0.3) is 22.0 Å². The third-order valence-electron chi connectivity index (χ3n) is 4.10. The smallest absolute Gasteiger partial charge is 0.209 e. The van der Waals surface area contributed by atoms with Crippen LogP contribution >= 0.6 is 22.7 Å². The maximum absolute atomic E-state index is 9.14. The third-order valence-corrected chi connectivity index (χ3v) is 5.75. The van der Waals surface area contributed by atoms with Gasteiger partial charge in [0.05, 0.1) is 11.5 Å². The monoisotopic (exact) mass is 381 g/mol. The average Bonchev–Trinajstić information content (AvgIpc) is 3.29. The highest BCUT2D eigenvalue weighted by molar-refractivity contribution is 7.14. The van der Waals surface area contributed by atoms with E-state index in [1.807, 2.05) is 30.8 Å². The molecule has 0 aromatic carbocycles. The van der Waals surface area contributed by atoms with Crippen molar-refractivity contribution in [2.75, 3.05) is 0 Å². The van der Waals surface area contributed by atoms with Crippen LogP contribution in [-0.2, 0) is 6.42 Å². The molecule has 3 aromatic heterocycles.